The minimum atomic E-state index is -0.919. The molecule has 0 unspecified atom stereocenters. The topological polar surface area (TPSA) is 40.5 Å². The summed E-state index contributed by atoms with van der Waals surface area (Å²) in [5, 5.41) is 8.61. The predicted molar refractivity (Wildman–Crippen MR) is 87.7 cm³/mol. The van der Waals surface area contributed by atoms with Crippen LogP contribution in [0.4, 0.5) is 5.69 Å². The Bertz CT molecular complexity index is 585. The molecule has 1 N–H and O–H groups in total. The van der Waals surface area contributed by atoms with Crippen LogP contribution in [-0.4, -0.2) is 23.7 Å². The third kappa shape index (κ3) is 3.75. The summed E-state index contributed by atoms with van der Waals surface area (Å²) >= 11 is 0. The Morgan fingerprint density at radius 3 is 2.81 bits per heavy atom. The molecule has 0 saturated heterocycles. The van der Waals surface area contributed by atoms with E-state index in [4.69, 9.17) is 5.11 Å². The number of carboxylic acids is 1. The quantitative estimate of drug-likeness (QED) is 0.674. The Morgan fingerprint density at radius 1 is 1.38 bits per heavy atom. The van der Waals surface area contributed by atoms with E-state index in [9.17, 15) is 4.79 Å². The number of allylic oxidation sites excluding steroid dienone is 3. The number of fused-ring (bicyclic) bond motifs is 1. The van der Waals surface area contributed by atoms with Gasteiger partial charge in [-0.3, -0.25) is 0 Å². The van der Waals surface area contributed by atoms with Gasteiger partial charge in [-0.15, -0.1) is 0 Å². The minimum absolute atomic E-state index is 0.519. The van der Waals surface area contributed by atoms with Crippen molar-refractivity contribution in [3.05, 3.63) is 47.6 Å². The van der Waals surface area contributed by atoms with Crippen molar-refractivity contribution < 1.29 is 9.90 Å². The molecule has 0 fully saturated rings. The smallest absolute Gasteiger partial charge is 0.328 e. The fourth-order valence-electron chi connectivity index (χ4n) is 2.78. The van der Waals surface area contributed by atoms with Crippen LogP contribution in [0.15, 0.2) is 36.4 Å². The fourth-order valence-corrected chi connectivity index (χ4v) is 2.78. The lowest BCUT2D eigenvalue weighted by atomic mass is 9.95. The van der Waals surface area contributed by atoms with Gasteiger partial charge in [-0.05, 0) is 62.4 Å². The van der Waals surface area contributed by atoms with Gasteiger partial charge >= 0.3 is 5.97 Å². The number of nitrogens with zero attached hydrogens (tertiary/aromatic N) is 1. The van der Waals surface area contributed by atoms with Gasteiger partial charge in [0, 0.05) is 24.4 Å². The Labute approximate surface area is 126 Å². The van der Waals surface area contributed by atoms with Gasteiger partial charge in [-0.2, -0.15) is 0 Å². The molecule has 1 aliphatic rings. The van der Waals surface area contributed by atoms with Crippen molar-refractivity contribution in [1.82, 2.24) is 0 Å². The lowest BCUT2D eigenvalue weighted by molar-refractivity contribution is -0.131. The highest BCUT2D eigenvalue weighted by molar-refractivity contribution is 5.81. The van der Waals surface area contributed by atoms with Crippen LogP contribution < -0.4 is 4.90 Å². The monoisotopic (exact) mass is 285 g/mol. The number of aryl methyl sites for hydroxylation is 1. The van der Waals surface area contributed by atoms with E-state index in [0.717, 1.165) is 30.2 Å². The summed E-state index contributed by atoms with van der Waals surface area (Å²) in [4.78, 5) is 12.9. The molecule has 0 bridgehead atoms. The Kier molecular flexibility index (Phi) is 4.84. The van der Waals surface area contributed by atoms with E-state index in [1.807, 2.05) is 13.0 Å². The average Bonchev–Trinajstić information content (AvgIpc) is 2.45. The van der Waals surface area contributed by atoms with E-state index in [0.29, 0.717) is 6.04 Å². The predicted octanol–water partition coefficient (Wildman–Crippen LogP) is 3.89. The highest BCUT2D eigenvalue weighted by atomic mass is 16.4. The van der Waals surface area contributed by atoms with E-state index < -0.39 is 5.97 Å². The molecule has 112 valence electrons. The maximum atomic E-state index is 10.5. The molecule has 1 aliphatic heterocycles. The second-order valence-electron chi connectivity index (χ2n) is 5.78. The second-order valence-corrected chi connectivity index (χ2v) is 5.78. The van der Waals surface area contributed by atoms with Gasteiger partial charge < -0.3 is 10.0 Å². The molecule has 2 rings (SSSR count). The zero-order chi connectivity index (χ0) is 15.4. The molecule has 0 amide bonds. The summed E-state index contributed by atoms with van der Waals surface area (Å²) in [7, 11) is 0. The Hall–Kier alpha value is -2.03. The number of benzene rings is 1. The van der Waals surface area contributed by atoms with Gasteiger partial charge in [0.1, 0.15) is 0 Å². The summed E-state index contributed by atoms with van der Waals surface area (Å²) < 4.78 is 0. The minimum Gasteiger partial charge on any atom is -0.478 e. The molecule has 3 heteroatoms. The van der Waals surface area contributed by atoms with Crippen molar-refractivity contribution in [2.45, 2.75) is 39.7 Å². The molecule has 21 heavy (non-hydrogen) atoms. The van der Waals surface area contributed by atoms with Crippen LogP contribution in [-0.2, 0) is 11.2 Å². The summed E-state index contributed by atoms with van der Waals surface area (Å²) in [6, 6.07) is 7.08. The third-order valence-electron chi connectivity index (χ3n) is 3.90. The molecule has 0 spiro atoms. The summed E-state index contributed by atoms with van der Waals surface area (Å²) in [6.45, 7) is 7.59. The summed E-state index contributed by atoms with van der Waals surface area (Å²) in [6.07, 6.45) is 6.89. The van der Waals surface area contributed by atoms with E-state index >= 15 is 0 Å². The van der Waals surface area contributed by atoms with Crippen LogP contribution in [0.2, 0.25) is 0 Å². The Balaban J connectivity index is 2.27. The zero-order valence-corrected chi connectivity index (χ0v) is 13.0. The van der Waals surface area contributed by atoms with E-state index in [1.165, 1.54) is 17.7 Å². The normalized spacial score (nSPS) is 15.6. The van der Waals surface area contributed by atoms with Crippen molar-refractivity contribution >= 4 is 17.2 Å². The highest BCUT2D eigenvalue weighted by Gasteiger charge is 2.19. The van der Waals surface area contributed by atoms with Crippen LogP contribution >= 0.6 is 0 Å². The molecule has 3 nitrogen and oxygen atoms in total. The lowest BCUT2D eigenvalue weighted by Crippen LogP contribution is -2.35. The van der Waals surface area contributed by atoms with Gasteiger partial charge in [0.25, 0.3) is 0 Å². The van der Waals surface area contributed by atoms with Gasteiger partial charge in [0.15, 0.2) is 0 Å². The van der Waals surface area contributed by atoms with Crippen LogP contribution in [0.25, 0.3) is 5.57 Å². The molecule has 0 aliphatic carbocycles. The third-order valence-corrected chi connectivity index (χ3v) is 3.90. The van der Waals surface area contributed by atoms with Gasteiger partial charge in [0.2, 0.25) is 0 Å². The molecule has 1 aromatic rings. The van der Waals surface area contributed by atoms with Gasteiger partial charge in [0.05, 0.1) is 0 Å². The first-order valence-electron chi connectivity index (χ1n) is 7.47. The first-order chi connectivity index (χ1) is 9.99. The molecule has 1 heterocycles. The summed E-state index contributed by atoms with van der Waals surface area (Å²) in [5.74, 6) is -0.919. The second kappa shape index (κ2) is 6.61. The molecule has 0 atom stereocenters. The largest absolute Gasteiger partial charge is 0.478 e. The number of carboxylic acid groups (broad SMARTS) is 1. The van der Waals surface area contributed by atoms with Gasteiger partial charge in [-0.1, -0.05) is 18.2 Å². The SMILES string of the molecule is C/C(=C\C=C\C(=O)O)c1ccc2c(c1)CCCN2C(C)C. The standard InChI is InChI=1S/C18H23NO2/c1-13(2)19-11-5-7-16-12-15(9-10-17(16)19)14(3)6-4-8-18(20)21/h4,6,8-10,12-13H,5,7,11H2,1-3H3,(H,20,21)/b8-4+,14-6+. The van der Waals surface area contributed by atoms with Crippen molar-refractivity contribution in [2.24, 2.45) is 0 Å². The summed E-state index contributed by atoms with van der Waals surface area (Å²) in [5.41, 5.74) is 4.97. The van der Waals surface area contributed by atoms with E-state index in [1.54, 1.807) is 6.08 Å². The number of rotatable bonds is 4. The highest BCUT2D eigenvalue weighted by Crippen LogP contribution is 2.31. The van der Waals surface area contributed by atoms with Crippen molar-refractivity contribution in [3.63, 3.8) is 0 Å². The van der Waals surface area contributed by atoms with Crippen LogP contribution in [0.3, 0.4) is 0 Å². The van der Waals surface area contributed by atoms with Crippen LogP contribution in [0.1, 0.15) is 38.3 Å². The molecule has 0 saturated carbocycles. The first-order valence-corrected chi connectivity index (χ1v) is 7.47. The van der Waals surface area contributed by atoms with Crippen molar-refractivity contribution in [3.8, 4) is 0 Å². The van der Waals surface area contributed by atoms with Crippen LogP contribution in [0, 0.1) is 0 Å². The molecular weight excluding hydrogens is 262 g/mol. The fraction of sp³-hybridized carbons (Fsp3) is 0.389. The average molecular weight is 285 g/mol. The number of hydrogen-bond donors (Lipinski definition) is 1. The van der Waals surface area contributed by atoms with Crippen molar-refractivity contribution in [2.75, 3.05) is 11.4 Å². The maximum absolute atomic E-state index is 10.5. The molecule has 0 radical (unpaired) electrons. The van der Waals surface area contributed by atoms with E-state index in [2.05, 4.69) is 36.9 Å². The number of aliphatic carboxylic acids is 1. The molecule has 0 aromatic heterocycles. The molecule has 1 aromatic carbocycles. The van der Waals surface area contributed by atoms with Crippen molar-refractivity contribution in [1.29, 1.82) is 0 Å². The molecular formula is C18H23NO2. The lowest BCUT2D eigenvalue weighted by Gasteiger charge is -2.35. The van der Waals surface area contributed by atoms with E-state index in [-0.39, 0.29) is 0 Å². The van der Waals surface area contributed by atoms with Gasteiger partial charge in [-0.25, -0.2) is 4.79 Å². The number of hydrogen-bond acceptors (Lipinski definition) is 2. The maximum Gasteiger partial charge on any atom is 0.328 e. The Morgan fingerprint density at radius 2 is 2.14 bits per heavy atom. The zero-order valence-electron chi connectivity index (χ0n) is 13.0. The number of carbonyl (C=O) groups is 1. The van der Waals surface area contributed by atoms with Crippen LogP contribution in [0.5, 0.6) is 0 Å². The number of anilines is 1. The first kappa shape index (κ1) is 15.4.